The molecule has 1 heteroatoms. The summed E-state index contributed by atoms with van der Waals surface area (Å²) in [7, 11) is 0. The maximum atomic E-state index is 3.83. The van der Waals surface area contributed by atoms with E-state index in [2.05, 4.69) is 43.4 Å². The molecule has 0 bridgehead atoms. The van der Waals surface area contributed by atoms with Crippen LogP contribution in [-0.2, 0) is 6.42 Å². The van der Waals surface area contributed by atoms with E-state index in [1.807, 2.05) is 0 Å². The van der Waals surface area contributed by atoms with Crippen molar-refractivity contribution in [3.63, 3.8) is 0 Å². The van der Waals surface area contributed by atoms with Crippen molar-refractivity contribution < 1.29 is 0 Å². The normalized spacial score (nSPS) is 34.8. The Morgan fingerprint density at radius 2 is 2.00 bits per heavy atom. The number of hydrogen-bond donors (Lipinski definition) is 1. The number of fused-ring (bicyclic) bond motifs is 1. The summed E-state index contributed by atoms with van der Waals surface area (Å²) >= 11 is 0. The maximum Gasteiger partial charge on any atom is 0.00931 e. The Morgan fingerprint density at radius 1 is 1.17 bits per heavy atom. The quantitative estimate of drug-likeness (QED) is 0.852. The van der Waals surface area contributed by atoms with Gasteiger partial charge in [-0.3, -0.25) is 0 Å². The molecule has 1 aromatic rings. The lowest BCUT2D eigenvalue weighted by Crippen LogP contribution is -2.42. The molecule has 4 atom stereocenters. The summed E-state index contributed by atoms with van der Waals surface area (Å²) < 4.78 is 0. The van der Waals surface area contributed by atoms with Gasteiger partial charge in [0.1, 0.15) is 0 Å². The SMILES string of the molecule is CC1CCC(NCC2Cc3ccccc32)C(C)C1. The first-order valence-corrected chi connectivity index (χ1v) is 7.55. The number of nitrogens with one attached hydrogen (secondary N) is 1. The zero-order chi connectivity index (χ0) is 12.5. The van der Waals surface area contributed by atoms with Crippen molar-refractivity contribution in [1.29, 1.82) is 0 Å². The van der Waals surface area contributed by atoms with Gasteiger partial charge in [-0.1, -0.05) is 38.1 Å². The Hall–Kier alpha value is -0.820. The van der Waals surface area contributed by atoms with Gasteiger partial charge < -0.3 is 5.32 Å². The molecule has 3 rings (SSSR count). The van der Waals surface area contributed by atoms with Gasteiger partial charge in [-0.15, -0.1) is 0 Å². The van der Waals surface area contributed by atoms with E-state index in [1.165, 1.54) is 32.2 Å². The Bertz CT molecular complexity index is 412. The number of hydrogen-bond acceptors (Lipinski definition) is 1. The predicted molar refractivity (Wildman–Crippen MR) is 76.9 cm³/mol. The fraction of sp³-hybridized carbons (Fsp3) is 0.647. The summed E-state index contributed by atoms with van der Waals surface area (Å²) in [5.74, 6) is 2.55. The van der Waals surface area contributed by atoms with Gasteiger partial charge in [-0.25, -0.2) is 0 Å². The summed E-state index contributed by atoms with van der Waals surface area (Å²) in [5.41, 5.74) is 3.15. The lowest BCUT2D eigenvalue weighted by molar-refractivity contribution is 0.224. The molecule has 0 heterocycles. The van der Waals surface area contributed by atoms with E-state index in [9.17, 15) is 0 Å². The summed E-state index contributed by atoms with van der Waals surface area (Å²) in [6.45, 7) is 6.00. The maximum absolute atomic E-state index is 3.83. The van der Waals surface area contributed by atoms with E-state index >= 15 is 0 Å². The van der Waals surface area contributed by atoms with Crippen LogP contribution in [0.25, 0.3) is 0 Å². The average molecular weight is 243 g/mol. The molecule has 18 heavy (non-hydrogen) atoms. The second kappa shape index (κ2) is 5.05. The highest BCUT2D eigenvalue weighted by atomic mass is 14.9. The van der Waals surface area contributed by atoms with Crippen LogP contribution in [0.5, 0.6) is 0 Å². The Morgan fingerprint density at radius 3 is 2.78 bits per heavy atom. The van der Waals surface area contributed by atoms with Gasteiger partial charge in [-0.05, 0) is 48.6 Å². The molecule has 0 radical (unpaired) electrons. The molecule has 1 aromatic carbocycles. The highest BCUT2D eigenvalue weighted by Gasteiger charge is 2.29. The molecule has 2 aliphatic rings. The first-order valence-electron chi connectivity index (χ1n) is 7.55. The van der Waals surface area contributed by atoms with Crippen LogP contribution in [0, 0.1) is 11.8 Å². The van der Waals surface area contributed by atoms with Crippen molar-refractivity contribution in [3.05, 3.63) is 35.4 Å². The van der Waals surface area contributed by atoms with Crippen LogP contribution in [0.2, 0.25) is 0 Å². The molecule has 0 amide bonds. The van der Waals surface area contributed by atoms with E-state index < -0.39 is 0 Å². The van der Waals surface area contributed by atoms with Crippen LogP contribution in [0.1, 0.15) is 50.2 Å². The molecule has 1 nitrogen and oxygen atoms in total. The third kappa shape index (κ3) is 2.33. The van der Waals surface area contributed by atoms with E-state index in [1.54, 1.807) is 11.1 Å². The van der Waals surface area contributed by atoms with Crippen LogP contribution in [0.4, 0.5) is 0 Å². The van der Waals surface area contributed by atoms with Crippen LogP contribution >= 0.6 is 0 Å². The molecule has 98 valence electrons. The molecule has 1 fully saturated rings. The summed E-state index contributed by atoms with van der Waals surface area (Å²) in [4.78, 5) is 0. The monoisotopic (exact) mass is 243 g/mol. The lowest BCUT2D eigenvalue weighted by Gasteiger charge is -2.36. The van der Waals surface area contributed by atoms with Crippen LogP contribution < -0.4 is 5.32 Å². The molecule has 0 aliphatic heterocycles. The van der Waals surface area contributed by atoms with Gasteiger partial charge in [-0.2, -0.15) is 0 Å². The van der Waals surface area contributed by atoms with Gasteiger partial charge in [0.2, 0.25) is 0 Å². The molecule has 0 saturated heterocycles. The predicted octanol–water partition coefficient (Wildman–Crippen LogP) is 3.74. The number of rotatable bonds is 3. The first kappa shape index (κ1) is 12.2. The van der Waals surface area contributed by atoms with Crippen LogP contribution in [0.3, 0.4) is 0 Å². The first-order chi connectivity index (χ1) is 8.74. The van der Waals surface area contributed by atoms with E-state index in [-0.39, 0.29) is 0 Å². The highest BCUT2D eigenvalue weighted by molar-refractivity contribution is 5.40. The smallest absolute Gasteiger partial charge is 0.00931 e. The Kier molecular flexibility index (Phi) is 3.43. The van der Waals surface area contributed by atoms with Crippen molar-refractivity contribution >= 4 is 0 Å². The standard InChI is InChI=1S/C17H25N/c1-12-7-8-17(13(2)9-12)18-11-15-10-14-5-3-4-6-16(14)15/h3-6,12-13,15,17-18H,7-11H2,1-2H3. The minimum atomic E-state index is 0.758. The molecule has 0 spiro atoms. The Balaban J connectivity index is 1.51. The van der Waals surface area contributed by atoms with Gasteiger partial charge in [0, 0.05) is 18.5 Å². The summed E-state index contributed by atoms with van der Waals surface area (Å²) in [6.07, 6.45) is 5.46. The van der Waals surface area contributed by atoms with Gasteiger partial charge in [0.15, 0.2) is 0 Å². The highest BCUT2D eigenvalue weighted by Crippen LogP contribution is 2.35. The molecule has 2 aliphatic carbocycles. The van der Waals surface area contributed by atoms with Crippen LogP contribution in [-0.4, -0.2) is 12.6 Å². The van der Waals surface area contributed by atoms with Gasteiger partial charge in [0.25, 0.3) is 0 Å². The fourth-order valence-corrected chi connectivity index (χ4v) is 3.81. The van der Waals surface area contributed by atoms with Crippen molar-refractivity contribution in [2.75, 3.05) is 6.54 Å². The van der Waals surface area contributed by atoms with Gasteiger partial charge >= 0.3 is 0 Å². The zero-order valence-electron chi connectivity index (χ0n) is 11.7. The third-order valence-electron chi connectivity index (χ3n) is 5.02. The summed E-state index contributed by atoms with van der Waals surface area (Å²) in [5, 5.41) is 3.83. The van der Waals surface area contributed by atoms with Crippen molar-refractivity contribution in [2.45, 2.75) is 51.5 Å². The molecule has 1 N–H and O–H groups in total. The van der Waals surface area contributed by atoms with Crippen molar-refractivity contribution in [3.8, 4) is 0 Å². The van der Waals surface area contributed by atoms with Crippen molar-refractivity contribution in [1.82, 2.24) is 5.32 Å². The molecule has 1 saturated carbocycles. The minimum Gasteiger partial charge on any atom is -0.313 e. The Labute approximate surface area is 111 Å². The molecular weight excluding hydrogens is 218 g/mol. The zero-order valence-corrected chi connectivity index (χ0v) is 11.7. The third-order valence-corrected chi connectivity index (χ3v) is 5.02. The minimum absolute atomic E-state index is 0.758. The topological polar surface area (TPSA) is 12.0 Å². The molecular formula is C17H25N. The number of benzene rings is 1. The van der Waals surface area contributed by atoms with Crippen LogP contribution in [0.15, 0.2) is 24.3 Å². The van der Waals surface area contributed by atoms with E-state index in [4.69, 9.17) is 0 Å². The van der Waals surface area contributed by atoms with Gasteiger partial charge in [0.05, 0.1) is 0 Å². The van der Waals surface area contributed by atoms with E-state index in [0.29, 0.717) is 0 Å². The average Bonchev–Trinajstić information content (AvgIpc) is 2.33. The van der Waals surface area contributed by atoms with E-state index in [0.717, 1.165) is 23.8 Å². The van der Waals surface area contributed by atoms with Crippen molar-refractivity contribution in [2.24, 2.45) is 11.8 Å². The second-order valence-electron chi connectivity index (χ2n) is 6.51. The largest absolute Gasteiger partial charge is 0.313 e. The molecule has 0 aromatic heterocycles. The second-order valence-corrected chi connectivity index (χ2v) is 6.51. The lowest BCUT2D eigenvalue weighted by atomic mass is 9.76. The fourth-order valence-electron chi connectivity index (χ4n) is 3.81. The summed E-state index contributed by atoms with van der Waals surface area (Å²) in [6, 6.07) is 9.67. The molecule has 4 unspecified atom stereocenters.